The van der Waals surface area contributed by atoms with Crippen molar-refractivity contribution in [1.29, 1.82) is 0 Å². The zero-order chi connectivity index (χ0) is 23.8. The van der Waals surface area contributed by atoms with E-state index in [0.29, 0.717) is 16.9 Å². The van der Waals surface area contributed by atoms with Crippen LogP contribution in [0.25, 0.3) is 0 Å². The van der Waals surface area contributed by atoms with Gasteiger partial charge in [-0.15, -0.1) is 0 Å². The molecule has 0 saturated carbocycles. The molecule has 2 aromatic rings. The lowest BCUT2D eigenvalue weighted by molar-refractivity contribution is -0.138. The summed E-state index contributed by atoms with van der Waals surface area (Å²) in [6.45, 7) is 5.49. The minimum absolute atomic E-state index is 0.0138. The van der Waals surface area contributed by atoms with Gasteiger partial charge in [0.05, 0.1) is 16.9 Å². The van der Waals surface area contributed by atoms with E-state index in [1.165, 1.54) is 22.5 Å². The lowest BCUT2D eigenvalue weighted by Gasteiger charge is -2.44. The van der Waals surface area contributed by atoms with Crippen molar-refractivity contribution in [2.24, 2.45) is 0 Å². The van der Waals surface area contributed by atoms with E-state index in [0.717, 1.165) is 12.3 Å². The number of anilines is 1. The summed E-state index contributed by atoms with van der Waals surface area (Å²) >= 11 is 0. The number of carboxylic acid groups (broad SMARTS) is 1. The van der Waals surface area contributed by atoms with E-state index in [1.807, 2.05) is 0 Å². The Morgan fingerprint density at radius 3 is 2.28 bits per heavy atom. The van der Waals surface area contributed by atoms with Gasteiger partial charge in [-0.3, -0.25) is 4.79 Å². The standard InChI is InChI=1S/C21H24F3N3O4S/c1-13-4-6-18(8-16(13)9-20(28)29)32(30,31)26-11-14(2)27(15(3)12-26)19-7-5-17(10-25-19)21(22,23)24/h4-8,10,14-15H,9,11-12H2,1-3H3,(H,28,29)/t14-,15-/m0/s1. The van der Waals surface area contributed by atoms with Crippen LogP contribution in [0.4, 0.5) is 19.0 Å². The summed E-state index contributed by atoms with van der Waals surface area (Å²) in [6, 6.07) is 5.98. The minimum atomic E-state index is -4.48. The Morgan fingerprint density at radius 2 is 1.78 bits per heavy atom. The fraction of sp³-hybridized carbons (Fsp3) is 0.429. The van der Waals surface area contributed by atoms with E-state index >= 15 is 0 Å². The highest BCUT2D eigenvalue weighted by Gasteiger charge is 2.37. The van der Waals surface area contributed by atoms with Crippen molar-refractivity contribution in [3.05, 3.63) is 53.2 Å². The summed E-state index contributed by atoms with van der Waals surface area (Å²) in [5.74, 6) is -0.711. The molecule has 0 unspecified atom stereocenters. The summed E-state index contributed by atoms with van der Waals surface area (Å²) in [6.07, 6.45) is -3.99. The van der Waals surface area contributed by atoms with Crippen LogP contribution >= 0.6 is 0 Å². The number of sulfonamides is 1. The predicted octanol–water partition coefficient (Wildman–Crippen LogP) is 3.32. The molecule has 1 aliphatic heterocycles. The highest BCUT2D eigenvalue weighted by molar-refractivity contribution is 7.89. The lowest BCUT2D eigenvalue weighted by Crippen LogP contribution is -2.58. The third-order valence-corrected chi connectivity index (χ3v) is 7.35. The summed E-state index contributed by atoms with van der Waals surface area (Å²) in [7, 11) is -3.89. The maximum atomic E-state index is 13.2. The number of carbonyl (C=O) groups is 1. The molecule has 32 heavy (non-hydrogen) atoms. The summed E-state index contributed by atoms with van der Waals surface area (Å²) in [5.41, 5.74) is 0.262. The molecule has 0 aliphatic carbocycles. The number of rotatable bonds is 5. The Hall–Kier alpha value is -2.66. The van der Waals surface area contributed by atoms with Gasteiger partial charge in [-0.25, -0.2) is 13.4 Å². The van der Waals surface area contributed by atoms with E-state index in [-0.39, 0.29) is 36.5 Å². The van der Waals surface area contributed by atoms with E-state index in [2.05, 4.69) is 4.98 Å². The van der Waals surface area contributed by atoms with Crippen molar-refractivity contribution in [3.63, 3.8) is 0 Å². The van der Waals surface area contributed by atoms with Crippen LogP contribution in [0.5, 0.6) is 0 Å². The van der Waals surface area contributed by atoms with Crippen LogP contribution in [0.1, 0.15) is 30.5 Å². The van der Waals surface area contributed by atoms with Crippen LogP contribution in [-0.4, -0.2) is 54.0 Å². The predicted molar refractivity (Wildman–Crippen MR) is 112 cm³/mol. The van der Waals surface area contributed by atoms with Crippen LogP contribution < -0.4 is 4.90 Å². The molecule has 2 heterocycles. The molecule has 1 aromatic heterocycles. The molecule has 2 atom stereocenters. The van der Waals surface area contributed by atoms with Crippen molar-refractivity contribution in [2.45, 2.75) is 50.3 Å². The van der Waals surface area contributed by atoms with Crippen LogP contribution in [0, 0.1) is 6.92 Å². The number of carboxylic acids is 1. The van der Waals surface area contributed by atoms with Crippen molar-refractivity contribution in [3.8, 4) is 0 Å². The number of benzene rings is 1. The van der Waals surface area contributed by atoms with Crippen LogP contribution in [0.15, 0.2) is 41.4 Å². The molecular weight excluding hydrogens is 447 g/mol. The van der Waals surface area contributed by atoms with Crippen LogP contribution in [0.2, 0.25) is 0 Å². The summed E-state index contributed by atoms with van der Waals surface area (Å²) < 4.78 is 66.3. The highest BCUT2D eigenvalue weighted by Crippen LogP contribution is 2.31. The molecule has 0 amide bonds. The van der Waals surface area contributed by atoms with Gasteiger partial charge in [-0.2, -0.15) is 17.5 Å². The molecular formula is C21H24F3N3O4S. The van der Waals surface area contributed by atoms with Gasteiger partial charge in [0.15, 0.2) is 0 Å². The second kappa shape index (κ2) is 8.70. The first-order valence-electron chi connectivity index (χ1n) is 9.93. The number of alkyl halides is 3. The quantitative estimate of drug-likeness (QED) is 0.720. The van der Waals surface area contributed by atoms with Gasteiger partial charge in [0.1, 0.15) is 5.82 Å². The first kappa shape index (κ1) is 24.0. The molecule has 11 heteroatoms. The van der Waals surface area contributed by atoms with Gasteiger partial charge in [0.25, 0.3) is 0 Å². The minimum Gasteiger partial charge on any atom is -0.481 e. The second-order valence-electron chi connectivity index (χ2n) is 7.99. The number of piperazine rings is 1. The summed E-state index contributed by atoms with van der Waals surface area (Å²) in [4.78, 5) is 16.8. The van der Waals surface area contributed by atoms with E-state index < -0.39 is 27.7 Å². The Bertz CT molecular complexity index is 1090. The van der Waals surface area contributed by atoms with Crippen LogP contribution in [0.3, 0.4) is 0 Å². The maximum Gasteiger partial charge on any atom is 0.417 e. The Balaban J connectivity index is 1.84. The molecule has 1 fully saturated rings. The van der Waals surface area contributed by atoms with Crippen molar-refractivity contribution >= 4 is 21.8 Å². The van der Waals surface area contributed by atoms with Crippen molar-refractivity contribution in [1.82, 2.24) is 9.29 Å². The summed E-state index contributed by atoms with van der Waals surface area (Å²) in [5, 5.41) is 9.07. The molecule has 1 aliphatic rings. The number of aryl methyl sites for hydroxylation is 1. The Kier molecular flexibility index (Phi) is 6.52. The molecule has 0 bridgehead atoms. The largest absolute Gasteiger partial charge is 0.481 e. The number of hydrogen-bond donors (Lipinski definition) is 1. The third-order valence-electron chi connectivity index (χ3n) is 5.53. The fourth-order valence-electron chi connectivity index (χ4n) is 3.94. The molecule has 1 N–H and O–H groups in total. The zero-order valence-electron chi connectivity index (χ0n) is 17.8. The van der Waals surface area contributed by atoms with Gasteiger partial charge in [0.2, 0.25) is 10.0 Å². The van der Waals surface area contributed by atoms with Gasteiger partial charge < -0.3 is 10.0 Å². The van der Waals surface area contributed by atoms with E-state index in [1.54, 1.807) is 31.7 Å². The average Bonchev–Trinajstić information content (AvgIpc) is 2.68. The number of hydrogen-bond acceptors (Lipinski definition) is 5. The molecule has 7 nitrogen and oxygen atoms in total. The number of pyridine rings is 1. The molecule has 3 rings (SSSR count). The Morgan fingerprint density at radius 1 is 1.16 bits per heavy atom. The lowest BCUT2D eigenvalue weighted by atomic mass is 10.1. The number of aliphatic carboxylic acids is 1. The number of aromatic nitrogens is 1. The second-order valence-corrected chi connectivity index (χ2v) is 9.93. The third kappa shape index (κ3) is 4.88. The molecule has 0 spiro atoms. The van der Waals surface area contributed by atoms with Gasteiger partial charge in [-0.05, 0) is 56.2 Å². The van der Waals surface area contributed by atoms with E-state index in [4.69, 9.17) is 5.11 Å². The van der Waals surface area contributed by atoms with Crippen molar-refractivity contribution in [2.75, 3.05) is 18.0 Å². The Labute approximate surface area is 184 Å². The zero-order valence-corrected chi connectivity index (χ0v) is 18.6. The van der Waals surface area contributed by atoms with Gasteiger partial charge in [-0.1, -0.05) is 6.07 Å². The molecule has 0 radical (unpaired) electrons. The van der Waals surface area contributed by atoms with Crippen LogP contribution in [-0.2, 0) is 27.4 Å². The van der Waals surface area contributed by atoms with E-state index in [9.17, 15) is 26.4 Å². The monoisotopic (exact) mass is 471 g/mol. The van der Waals surface area contributed by atoms with Gasteiger partial charge >= 0.3 is 12.1 Å². The fourth-order valence-corrected chi connectivity index (χ4v) is 5.59. The maximum absolute atomic E-state index is 13.2. The average molecular weight is 472 g/mol. The molecule has 1 saturated heterocycles. The van der Waals surface area contributed by atoms with Gasteiger partial charge in [0, 0.05) is 31.4 Å². The topological polar surface area (TPSA) is 90.8 Å². The number of nitrogens with zero attached hydrogens (tertiary/aromatic N) is 3. The smallest absolute Gasteiger partial charge is 0.417 e. The normalized spacial score (nSPS) is 20.4. The highest BCUT2D eigenvalue weighted by atomic mass is 32.2. The van der Waals surface area contributed by atoms with Crippen molar-refractivity contribution < 1.29 is 31.5 Å². The molecule has 174 valence electrons. The number of halogens is 3. The first-order valence-corrected chi connectivity index (χ1v) is 11.4. The molecule has 1 aromatic carbocycles. The SMILES string of the molecule is Cc1ccc(S(=O)(=O)N2C[C@H](C)N(c3ccc(C(F)(F)F)cn3)[C@@H](C)C2)cc1CC(=O)O. The first-order chi connectivity index (χ1) is 14.8.